The monoisotopic (exact) mass is 531 g/mol. The quantitative estimate of drug-likeness (QED) is 0.310. The van der Waals surface area contributed by atoms with Crippen molar-refractivity contribution in [1.82, 2.24) is 0 Å². The summed E-state index contributed by atoms with van der Waals surface area (Å²) in [5.74, 6) is -8.64. The predicted octanol–water partition coefficient (Wildman–Crippen LogP) is 2.90. The maximum atomic E-state index is 13.3. The highest BCUT2D eigenvalue weighted by Gasteiger charge is 2.49. The second kappa shape index (κ2) is 11.6. The van der Waals surface area contributed by atoms with E-state index in [1.54, 1.807) is 0 Å². The van der Waals surface area contributed by atoms with Gasteiger partial charge >= 0.3 is 17.9 Å². The van der Waals surface area contributed by atoms with Crippen molar-refractivity contribution in [2.24, 2.45) is 0 Å². The SMILES string of the molecule is COc1cc(OC)c(C=CS(=O)(=O)Nc2ccc(OC)c(COC(=O)C(F)(F)C(=O)O)c2)c(OC)c1. The first-order valence-corrected chi connectivity index (χ1v) is 11.4. The Kier molecular flexibility index (Phi) is 9.06. The van der Waals surface area contributed by atoms with Gasteiger partial charge in [0.2, 0.25) is 0 Å². The Hall–Kier alpha value is -4.07. The molecule has 0 radical (unpaired) electrons. The number of ether oxygens (including phenoxy) is 5. The summed E-state index contributed by atoms with van der Waals surface area (Å²) in [4.78, 5) is 21.9. The minimum absolute atomic E-state index is 0.00490. The second-order valence-electron chi connectivity index (χ2n) is 6.88. The number of hydrogen-bond acceptors (Lipinski definition) is 9. The molecule has 0 heterocycles. The number of carbonyl (C=O) groups is 2. The van der Waals surface area contributed by atoms with Gasteiger partial charge in [0.1, 0.15) is 29.6 Å². The van der Waals surface area contributed by atoms with Crippen LogP contribution in [0.25, 0.3) is 6.08 Å². The molecule has 14 heteroatoms. The summed E-state index contributed by atoms with van der Waals surface area (Å²) in [5.41, 5.74) is 0.285. The second-order valence-corrected chi connectivity index (χ2v) is 8.44. The molecule has 36 heavy (non-hydrogen) atoms. The molecule has 0 unspecified atom stereocenters. The Morgan fingerprint density at radius 3 is 2.06 bits per heavy atom. The molecule has 2 aromatic carbocycles. The Morgan fingerprint density at radius 1 is 0.972 bits per heavy atom. The largest absolute Gasteiger partial charge is 0.496 e. The van der Waals surface area contributed by atoms with Crippen molar-refractivity contribution in [2.75, 3.05) is 33.2 Å². The third-order valence-electron chi connectivity index (χ3n) is 4.59. The number of carboxylic acid groups (broad SMARTS) is 1. The summed E-state index contributed by atoms with van der Waals surface area (Å²) in [5, 5.41) is 9.27. The zero-order valence-electron chi connectivity index (χ0n) is 19.5. The van der Waals surface area contributed by atoms with Gasteiger partial charge in [-0.1, -0.05) is 0 Å². The van der Waals surface area contributed by atoms with Crippen molar-refractivity contribution >= 4 is 33.7 Å². The number of rotatable bonds is 12. The molecule has 2 N–H and O–H groups in total. The lowest BCUT2D eigenvalue weighted by Gasteiger charge is -2.14. The van der Waals surface area contributed by atoms with Crippen LogP contribution in [0.4, 0.5) is 14.5 Å². The average Bonchev–Trinajstić information content (AvgIpc) is 2.84. The third kappa shape index (κ3) is 6.75. The number of esters is 1. The summed E-state index contributed by atoms with van der Waals surface area (Å²) in [6, 6.07) is 6.86. The van der Waals surface area contributed by atoms with Crippen molar-refractivity contribution < 1.29 is 55.6 Å². The lowest BCUT2D eigenvalue weighted by molar-refractivity contribution is -0.187. The average molecular weight is 531 g/mol. The molecular formula is C22H23F2NO10S. The van der Waals surface area contributed by atoms with Gasteiger partial charge in [-0.25, -0.2) is 18.0 Å². The molecule has 0 saturated heterocycles. The first-order valence-electron chi connectivity index (χ1n) is 9.84. The van der Waals surface area contributed by atoms with Gasteiger partial charge in [-0.05, 0) is 24.3 Å². The number of halogens is 2. The summed E-state index contributed by atoms with van der Waals surface area (Å²) >= 11 is 0. The normalized spacial score (nSPS) is 11.6. The van der Waals surface area contributed by atoms with Crippen LogP contribution in [0.15, 0.2) is 35.7 Å². The molecule has 2 aromatic rings. The summed E-state index contributed by atoms with van der Waals surface area (Å²) in [6.07, 6.45) is 1.24. The van der Waals surface area contributed by atoms with E-state index in [4.69, 9.17) is 24.1 Å². The fourth-order valence-corrected chi connectivity index (χ4v) is 3.67. The van der Waals surface area contributed by atoms with Crippen LogP contribution in [0.5, 0.6) is 23.0 Å². The van der Waals surface area contributed by atoms with Crippen LogP contribution >= 0.6 is 0 Å². The van der Waals surface area contributed by atoms with E-state index < -0.39 is 34.5 Å². The lowest BCUT2D eigenvalue weighted by atomic mass is 10.1. The molecule has 0 bridgehead atoms. The maximum absolute atomic E-state index is 13.3. The van der Waals surface area contributed by atoms with Crippen molar-refractivity contribution in [1.29, 1.82) is 0 Å². The number of benzene rings is 2. The fraction of sp³-hybridized carbons (Fsp3) is 0.273. The number of anilines is 1. The Labute approximate surface area is 205 Å². The number of carbonyl (C=O) groups excluding carboxylic acids is 1. The molecule has 0 aliphatic carbocycles. The number of nitrogens with one attached hydrogen (secondary N) is 1. The summed E-state index contributed by atoms with van der Waals surface area (Å²) < 4.78 is 79.2. The van der Waals surface area contributed by atoms with Gasteiger partial charge in [-0.3, -0.25) is 4.72 Å². The van der Waals surface area contributed by atoms with E-state index >= 15 is 0 Å². The van der Waals surface area contributed by atoms with E-state index in [1.165, 1.54) is 64.8 Å². The van der Waals surface area contributed by atoms with Crippen LogP contribution in [-0.4, -0.2) is 59.8 Å². The minimum atomic E-state index is -4.75. The fourth-order valence-electron chi connectivity index (χ4n) is 2.83. The van der Waals surface area contributed by atoms with Crippen molar-refractivity contribution in [3.8, 4) is 23.0 Å². The number of aliphatic carboxylic acids is 1. The highest BCUT2D eigenvalue weighted by molar-refractivity contribution is 7.95. The molecular weight excluding hydrogens is 508 g/mol. The molecule has 0 aliphatic rings. The van der Waals surface area contributed by atoms with Crippen LogP contribution in [0, 0.1) is 0 Å². The van der Waals surface area contributed by atoms with Gasteiger partial charge in [0.05, 0.1) is 39.4 Å². The number of methoxy groups -OCH3 is 4. The number of alkyl halides is 2. The standard InChI is InChI=1S/C22H23F2NO10S/c1-31-15-10-18(33-3)16(19(11-15)34-4)7-8-36(29,30)25-14-5-6-17(32-2)13(9-14)12-35-21(28)22(23,24)20(26)27/h5-11,25H,12H2,1-4H3,(H,26,27). The van der Waals surface area contributed by atoms with E-state index in [1.807, 2.05) is 0 Å². The summed E-state index contributed by atoms with van der Waals surface area (Å²) in [7, 11) is 1.34. The number of carboxylic acids is 1. The zero-order chi connectivity index (χ0) is 27.1. The highest BCUT2D eigenvalue weighted by atomic mass is 32.2. The van der Waals surface area contributed by atoms with Crippen LogP contribution in [0.3, 0.4) is 0 Å². The minimum Gasteiger partial charge on any atom is -0.496 e. The van der Waals surface area contributed by atoms with Gasteiger partial charge in [0, 0.05) is 23.4 Å². The highest BCUT2D eigenvalue weighted by Crippen LogP contribution is 2.35. The van der Waals surface area contributed by atoms with Crippen molar-refractivity contribution in [3.05, 3.63) is 46.9 Å². The molecule has 2 rings (SSSR count). The lowest BCUT2D eigenvalue weighted by Crippen LogP contribution is -2.39. The first kappa shape index (κ1) is 28.2. The molecule has 0 fully saturated rings. The van der Waals surface area contributed by atoms with Crippen molar-refractivity contribution in [2.45, 2.75) is 12.5 Å². The zero-order valence-corrected chi connectivity index (χ0v) is 20.4. The molecule has 196 valence electrons. The van der Waals surface area contributed by atoms with Gasteiger partial charge in [0.25, 0.3) is 10.0 Å². The van der Waals surface area contributed by atoms with Crippen LogP contribution in [-0.2, 0) is 31.0 Å². The van der Waals surface area contributed by atoms with Gasteiger partial charge in [-0.15, -0.1) is 0 Å². The Balaban J connectivity index is 2.28. The topological polar surface area (TPSA) is 147 Å². The van der Waals surface area contributed by atoms with E-state index in [9.17, 15) is 26.8 Å². The van der Waals surface area contributed by atoms with Crippen molar-refractivity contribution in [3.63, 3.8) is 0 Å². The van der Waals surface area contributed by atoms with Crippen LogP contribution < -0.4 is 23.7 Å². The maximum Gasteiger partial charge on any atom is 0.437 e. The van der Waals surface area contributed by atoms with Crippen LogP contribution in [0.1, 0.15) is 11.1 Å². The smallest absolute Gasteiger partial charge is 0.437 e. The Morgan fingerprint density at radius 2 is 1.56 bits per heavy atom. The van der Waals surface area contributed by atoms with Gasteiger partial charge in [0.15, 0.2) is 0 Å². The van der Waals surface area contributed by atoms with E-state index in [2.05, 4.69) is 9.46 Å². The summed E-state index contributed by atoms with van der Waals surface area (Å²) in [6.45, 7) is -0.809. The van der Waals surface area contributed by atoms with Gasteiger partial charge < -0.3 is 28.8 Å². The van der Waals surface area contributed by atoms with E-state index in [0.717, 1.165) is 5.41 Å². The molecule has 0 aromatic heterocycles. The molecule has 0 atom stereocenters. The molecule has 11 nitrogen and oxygen atoms in total. The number of hydrogen-bond donors (Lipinski definition) is 2. The molecule has 0 amide bonds. The van der Waals surface area contributed by atoms with Gasteiger partial charge in [-0.2, -0.15) is 8.78 Å². The molecule has 0 aliphatic heterocycles. The first-order chi connectivity index (χ1) is 16.9. The van der Waals surface area contributed by atoms with Crippen LogP contribution in [0.2, 0.25) is 0 Å². The third-order valence-corrected chi connectivity index (χ3v) is 5.61. The van der Waals surface area contributed by atoms with E-state index in [0.29, 0.717) is 11.3 Å². The Bertz CT molecular complexity index is 1240. The molecule has 0 spiro atoms. The number of sulfonamides is 1. The molecule has 0 saturated carbocycles. The van der Waals surface area contributed by atoms with E-state index in [-0.39, 0.29) is 28.5 Å². The predicted molar refractivity (Wildman–Crippen MR) is 123 cm³/mol.